The van der Waals surface area contributed by atoms with Crippen LogP contribution in [0, 0.1) is 13.8 Å². The lowest BCUT2D eigenvalue weighted by Gasteiger charge is -2.36. The first-order chi connectivity index (χ1) is 12.6. The van der Waals surface area contributed by atoms with Crippen molar-refractivity contribution in [3.63, 3.8) is 0 Å². The number of halogens is 1. The molecule has 0 spiro atoms. The van der Waals surface area contributed by atoms with Crippen molar-refractivity contribution in [2.45, 2.75) is 40.2 Å². The van der Waals surface area contributed by atoms with Gasteiger partial charge >= 0.3 is 0 Å². The average Bonchev–Trinajstić information content (AvgIpc) is 2.60. The summed E-state index contributed by atoms with van der Waals surface area (Å²) < 4.78 is 5.25. The maximum atomic E-state index is 13.2. The largest absolute Gasteiger partial charge is 0.496 e. The number of aryl methyl sites for hydroxylation is 1. The molecule has 144 valence electrons. The fourth-order valence-corrected chi connectivity index (χ4v) is 2.82. The number of hydrogen-bond donors (Lipinski definition) is 1. The van der Waals surface area contributed by atoms with Crippen molar-refractivity contribution in [1.82, 2.24) is 10.4 Å². The lowest BCUT2D eigenvalue weighted by molar-refractivity contribution is 0.0357. The minimum Gasteiger partial charge on any atom is -0.496 e. The molecule has 2 aromatic rings. The first kappa shape index (κ1) is 20.8. The second kappa shape index (κ2) is 8.01. The van der Waals surface area contributed by atoms with E-state index < -0.39 is 11.4 Å². The summed E-state index contributed by atoms with van der Waals surface area (Å²) in [7, 11) is 1.48. The van der Waals surface area contributed by atoms with Gasteiger partial charge in [0, 0.05) is 10.6 Å². The van der Waals surface area contributed by atoms with E-state index in [1.807, 2.05) is 46.8 Å². The van der Waals surface area contributed by atoms with Gasteiger partial charge in [0.25, 0.3) is 11.8 Å². The maximum absolute atomic E-state index is 13.2. The summed E-state index contributed by atoms with van der Waals surface area (Å²) in [6.07, 6.45) is 0. The van der Waals surface area contributed by atoms with E-state index in [0.717, 1.165) is 11.1 Å². The number of hydrazine groups is 1. The molecule has 0 radical (unpaired) electrons. The minimum atomic E-state index is -0.644. The van der Waals surface area contributed by atoms with Crippen LogP contribution < -0.4 is 10.2 Å². The summed E-state index contributed by atoms with van der Waals surface area (Å²) in [4.78, 5) is 26.1. The van der Waals surface area contributed by atoms with Gasteiger partial charge in [-0.15, -0.1) is 0 Å². The van der Waals surface area contributed by atoms with Crippen molar-refractivity contribution in [2.75, 3.05) is 7.11 Å². The number of methoxy groups -OCH3 is 1. The Bertz CT molecular complexity index is 872. The number of rotatable bonds is 3. The van der Waals surface area contributed by atoms with Crippen LogP contribution in [0.5, 0.6) is 5.75 Å². The van der Waals surface area contributed by atoms with Crippen LogP contribution in [0.25, 0.3) is 0 Å². The number of carbonyl (C=O) groups excluding carboxylic acids is 2. The molecule has 0 saturated heterocycles. The Morgan fingerprint density at radius 3 is 2.33 bits per heavy atom. The Labute approximate surface area is 165 Å². The molecule has 1 N–H and O–H groups in total. The van der Waals surface area contributed by atoms with Gasteiger partial charge in [0.1, 0.15) is 5.75 Å². The van der Waals surface area contributed by atoms with Gasteiger partial charge in [-0.1, -0.05) is 23.7 Å². The summed E-state index contributed by atoms with van der Waals surface area (Å²) in [5.41, 5.74) is 4.78. The van der Waals surface area contributed by atoms with Crippen LogP contribution in [-0.4, -0.2) is 29.5 Å². The number of nitrogens with one attached hydrogen (secondary N) is 1. The predicted octanol–water partition coefficient (Wildman–Crippen LogP) is 4.55. The molecule has 0 atom stereocenters. The van der Waals surface area contributed by atoms with E-state index in [1.54, 1.807) is 18.2 Å². The van der Waals surface area contributed by atoms with Crippen LogP contribution in [-0.2, 0) is 0 Å². The van der Waals surface area contributed by atoms with Gasteiger partial charge in [0.2, 0.25) is 0 Å². The first-order valence-electron chi connectivity index (χ1n) is 8.61. The van der Waals surface area contributed by atoms with Crippen molar-refractivity contribution in [3.8, 4) is 5.75 Å². The molecule has 6 heteroatoms. The molecule has 5 nitrogen and oxygen atoms in total. The maximum Gasteiger partial charge on any atom is 0.273 e. The molecule has 0 aliphatic carbocycles. The van der Waals surface area contributed by atoms with Crippen molar-refractivity contribution in [2.24, 2.45) is 0 Å². The summed E-state index contributed by atoms with van der Waals surface area (Å²) >= 11 is 6.02. The van der Waals surface area contributed by atoms with E-state index in [0.29, 0.717) is 16.3 Å². The van der Waals surface area contributed by atoms with Crippen LogP contribution >= 0.6 is 11.6 Å². The highest BCUT2D eigenvalue weighted by Gasteiger charge is 2.31. The molecule has 27 heavy (non-hydrogen) atoms. The van der Waals surface area contributed by atoms with Gasteiger partial charge < -0.3 is 4.74 Å². The molecule has 0 aliphatic heterocycles. The Morgan fingerprint density at radius 1 is 1.07 bits per heavy atom. The van der Waals surface area contributed by atoms with Gasteiger partial charge in [0.05, 0.1) is 18.2 Å². The molecule has 2 amide bonds. The highest BCUT2D eigenvalue weighted by atomic mass is 35.5. The molecule has 0 aliphatic rings. The average molecular weight is 389 g/mol. The Hall–Kier alpha value is -2.53. The predicted molar refractivity (Wildman–Crippen MR) is 107 cm³/mol. The standard InChI is InChI=1S/C21H25ClN2O3/c1-13-8-7-9-16(14(13)2)20(26)24(21(3,4)5)23-19(25)17-12-15(22)10-11-18(17)27-6/h7-12H,1-6H3,(H,23,25). The minimum absolute atomic E-state index is 0.257. The zero-order chi connectivity index (χ0) is 20.4. The fraction of sp³-hybridized carbons (Fsp3) is 0.333. The molecular weight excluding hydrogens is 364 g/mol. The third kappa shape index (κ3) is 4.61. The Morgan fingerprint density at radius 2 is 1.74 bits per heavy atom. The van der Waals surface area contributed by atoms with E-state index in [-0.39, 0.29) is 11.5 Å². The SMILES string of the molecule is COc1ccc(Cl)cc1C(=O)NN(C(=O)c1cccc(C)c1C)C(C)(C)C. The molecule has 2 aromatic carbocycles. The molecular formula is C21H25ClN2O3. The summed E-state index contributed by atoms with van der Waals surface area (Å²) in [5, 5.41) is 1.75. The quantitative estimate of drug-likeness (QED) is 0.784. The first-order valence-corrected chi connectivity index (χ1v) is 8.99. The second-order valence-electron chi connectivity index (χ2n) is 7.34. The zero-order valence-electron chi connectivity index (χ0n) is 16.5. The van der Waals surface area contributed by atoms with Crippen LogP contribution in [0.4, 0.5) is 0 Å². The molecule has 0 bridgehead atoms. The van der Waals surface area contributed by atoms with Crippen molar-refractivity contribution in [1.29, 1.82) is 0 Å². The van der Waals surface area contributed by atoms with Crippen molar-refractivity contribution in [3.05, 3.63) is 63.7 Å². The molecule has 2 rings (SSSR count). The van der Waals surface area contributed by atoms with E-state index in [2.05, 4.69) is 5.43 Å². The van der Waals surface area contributed by atoms with E-state index in [1.165, 1.54) is 18.2 Å². The number of benzene rings is 2. The summed E-state index contributed by atoms with van der Waals surface area (Å²) in [5.74, 6) is -0.370. The third-order valence-electron chi connectivity index (χ3n) is 4.33. The lowest BCUT2D eigenvalue weighted by atomic mass is 10.0. The summed E-state index contributed by atoms with van der Waals surface area (Å²) in [6, 6.07) is 10.3. The lowest BCUT2D eigenvalue weighted by Crippen LogP contribution is -2.56. The second-order valence-corrected chi connectivity index (χ2v) is 7.78. The normalized spacial score (nSPS) is 11.1. The zero-order valence-corrected chi connectivity index (χ0v) is 17.3. The number of hydrogen-bond acceptors (Lipinski definition) is 3. The Kier molecular flexibility index (Phi) is 6.16. The molecule has 0 aromatic heterocycles. The highest BCUT2D eigenvalue weighted by molar-refractivity contribution is 6.31. The topological polar surface area (TPSA) is 58.6 Å². The number of ether oxygens (including phenoxy) is 1. The van der Waals surface area contributed by atoms with Gasteiger partial charge in [-0.25, -0.2) is 5.01 Å². The number of amides is 2. The van der Waals surface area contributed by atoms with Crippen LogP contribution in [0.15, 0.2) is 36.4 Å². The molecule has 0 saturated carbocycles. The van der Waals surface area contributed by atoms with Gasteiger partial charge in [-0.05, 0) is 70.0 Å². The van der Waals surface area contributed by atoms with Crippen molar-refractivity contribution >= 4 is 23.4 Å². The molecule has 0 unspecified atom stereocenters. The van der Waals surface area contributed by atoms with Gasteiger partial charge in [0.15, 0.2) is 0 Å². The number of carbonyl (C=O) groups is 2. The Balaban J connectivity index is 2.41. The fourth-order valence-electron chi connectivity index (χ4n) is 2.65. The van der Waals surface area contributed by atoms with Gasteiger partial charge in [-0.2, -0.15) is 0 Å². The smallest absolute Gasteiger partial charge is 0.273 e. The van der Waals surface area contributed by atoms with E-state index in [9.17, 15) is 9.59 Å². The van der Waals surface area contributed by atoms with Crippen LogP contribution in [0.3, 0.4) is 0 Å². The molecule has 0 heterocycles. The number of nitrogens with zero attached hydrogens (tertiary/aromatic N) is 1. The van der Waals surface area contributed by atoms with E-state index >= 15 is 0 Å². The highest BCUT2D eigenvalue weighted by Crippen LogP contribution is 2.24. The van der Waals surface area contributed by atoms with E-state index in [4.69, 9.17) is 16.3 Å². The monoisotopic (exact) mass is 388 g/mol. The van der Waals surface area contributed by atoms with Crippen LogP contribution in [0.2, 0.25) is 5.02 Å². The van der Waals surface area contributed by atoms with Crippen molar-refractivity contribution < 1.29 is 14.3 Å². The summed E-state index contributed by atoms with van der Waals surface area (Å²) in [6.45, 7) is 9.40. The molecule has 0 fully saturated rings. The van der Waals surface area contributed by atoms with Gasteiger partial charge in [-0.3, -0.25) is 15.0 Å². The van der Waals surface area contributed by atoms with Crippen LogP contribution in [0.1, 0.15) is 52.6 Å². The third-order valence-corrected chi connectivity index (χ3v) is 4.56.